The number of esters is 1. The molecule has 5 heteroatoms. The molecule has 4 nitrogen and oxygen atoms in total. The first-order chi connectivity index (χ1) is 6.72. The minimum absolute atomic E-state index is 0.286. The second kappa shape index (κ2) is 3.34. The minimum Gasteiger partial charge on any atom is -0.464 e. The van der Waals surface area contributed by atoms with Crippen molar-refractivity contribution in [1.82, 2.24) is 9.97 Å². The first-order valence-corrected chi connectivity index (χ1v) is 4.84. The van der Waals surface area contributed by atoms with Crippen LogP contribution in [0.1, 0.15) is 15.5 Å². The fraction of sp³-hybridized carbons (Fsp3) is 0.222. The largest absolute Gasteiger partial charge is 0.464 e. The number of hydrogen-bond acceptors (Lipinski definition) is 5. The first-order valence-electron chi connectivity index (χ1n) is 4.03. The highest BCUT2D eigenvalue weighted by atomic mass is 32.1. The van der Waals surface area contributed by atoms with Crippen LogP contribution in [-0.2, 0) is 4.74 Å². The fourth-order valence-corrected chi connectivity index (χ4v) is 2.04. The molecule has 0 saturated heterocycles. The van der Waals surface area contributed by atoms with Crippen LogP contribution in [0.5, 0.6) is 0 Å². The molecular weight excluding hydrogens is 200 g/mol. The molecular formula is C9H8N2O2S. The molecule has 0 saturated carbocycles. The third-order valence-corrected chi connectivity index (χ3v) is 2.73. The summed E-state index contributed by atoms with van der Waals surface area (Å²) in [5.41, 5.74) is 0.913. The van der Waals surface area contributed by atoms with E-state index in [2.05, 4.69) is 14.7 Å². The van der Waals surface area contributed by atoms with E-state index in [1.165, 1.54) is 18.4 Å². The molecule has 72 valence electrons. The van der Waals surface area contributed by atoms with Gasteiger partial charge in [-0.1, -0.05) is 0 Å². The number of carbonyl (C=O) groups excluding carboxylic acids is 1. The maximum atomic E-state index is 11.3. The Morgan fingerprint density at radius 3 is 3.07 bits per heavy atom. The zero-order valence-electron chi connectivity index (χ0n) is 7.77. The molecule has 0 unspecified atom stereocenters. The van der Waals surface area contributed by atoms with Gasteiger partial charge >= 0.3 is 5.97 Å². The highest BCUT2D eigenvalue weighted by molar-refractivity contribution is 7.18. The van der Waals surface area contributed by atoms with Gasteiger partial charge in [0.1, 0.15) is 5.52 Å². The third-order valence-electron chi connectivity index (χ3n) is 1.79. The quantitative estimate of drug-likeness (QED) is 0.670. The van der Waals surface area contributed by atoms with E-state index in [1.54, 1.807) is 6.20 Å². The van der Waals surface area contributed by atoms with Gasteiger partial charge in [-0.15, -0.1) is 11.3 Å². The number of ether oxygens (including phenoxy) is 1. The van der Waals surface area contributed by atoms with Crippen LogP contribution in [0.4, 0.5) is 0 Å². The molecule has 2 rings (SSSR count). The van der Waals surface area contributed by atoms with Gasteiger partial charge in [-0.3, -0.25) is 0 Å². The lowest BCUT2D eigenvalue weighted by Crippen LogP contribution is -2.04. The summed E-state index contributed by atoms with van der Waals surface area (Å²) in [7, 11) is 1.34. The monoisotopic (exact) mass is 208 g/mol. The molecule has 0 aliphatic carbocycles. The molecule has 2 aromatic heterocycles. The molecule has 0 amide bonds. The van der Waals surface area contributed by atoms with Crippen molar-refractivity contribution in [3.05, 3.63) is 23.0 Å². The average molecular weight is 208 g/mol. The van der Waals surface area contributed by atoms with Crippen LogP contribution in [-0.4, -0.2) is 23.0 Å². The maximum Gasteiger partial charge on any atom is 0.358 e. The van der Waals surface area contributed by atoms with Crippen LogP contribution < -0.4 is 0 Å². The SMILES string of the molecule is COC(=O)c1nccc2sc(C)nc12. The number of hydrogen-bond donors (Lipinski definition) is 0. The summed E-state index contributed by atoms with van der Waals surface area (Å²) in [6.07, 6.45) is 1.59. The Bertz CT molecular complexity index is 493. The lowest BCUT2D eigenvalue weighted by molar-refractivity contribution is 0.0596. The number of aryl methyl sites for hydroxylation is 1. The van der Waals surface area contributed by atoms with E-state index in [9.17, 15) is 4.79 Å². The van der Waals surface area contributed by atoms with Crippen molar-refractivity contribution in [2.75, 3.05) is 7.11 Å². The van der Waals surface area contributed by atoms with Gasteiger partial charge in [-0.05, 0) is 13.0 Å². The zero-order chi connectivity index (χ0) is 10.1. The van der Waals surface area contributed by atoms with Gasteiger partial charge in [0.25, 0.3) is 0 Å². The number of rotatable bonds is 1. The first kappa shape index (κ1) is 9.08. The molecule has 0 bridgehead atoms. The van der Waals surface area contributed by atoms with Gasteiger partial charge < -0.3 is 4.74 Å². The highest BCUT2D eigenvalue weighted by Crippen LogP contribution is 2.23. The van der Waals surface area contributed by atoms with E-state index in [-0.39, 0.29) is 5.69 Å². The van der Waals surface area contributed by atoms with Crippen molar-refractivity contribution >= 4 is 27.5 Å². The molecule has 0 aromatic carbocycles. The molecule has 2 heterocycles. The van der Waals surface area contributed by atoms with Crippen LogP contribution in [0.15, 0.2) is 12.3 Å². The molecule has 0 atom stereocenters. The molecule has 0 fully saturated rings. The summed E-state index contributed by atoms with van der Waals surface area (Å²) in [5, 5.41) is 0.915. The summed E-state index contributed by atoms with van der Waals surface area (Å²) >= 11 is 1.54. The number of pyridine rings is 1. The number of fused-ring (bicyclic) bond motifs is 1. The molecule has 0 radical (unpaired) electrons. The number of methoxy groups -OCH3 is 1. The summed E-state index contributed by atoms with van der Waals surface area (Å²) in [6.45, 7) is 1.89. The average Bonchev–Trinajstić information content (AvgIpc) is 2.56. The predicted octanol–water partition coefficient (Wildman–Crippen LogP) is 1.79. The summed E-state index contributed by atoms with van der Waals surface area (Å²) < 4.78 is 5.57. The Labute approximate surface area is 84.6 Å². The molecule has 0 aliphatic heterocycles. The predicted molar refractivity (Wildman–Crippen MR) is 53.5 cm³/mol. The number of aromatic nitrogens is 2. The topological polar surface area (TPSA) is 52.1 Å². The fourth-order valence-electron chi connectivity index (χ4n) is 1.21. The van der Waals surface area contributed by atoms with Crippen molar-refractivity contribution < 1.29 is 9.53 Å². The molecule has 0 spiro atoms. The van der Waals surface area contributed by atoms with Crippen LogP contribution in [0.3, 0.4) is 0 Å². The Hall–Kier alpha value is -1.49. The summed E-state index contributed by atoms with van der Waals surface area (Å²) in [6, 6.07) is 1.84. The maximum absolute atomic E-state index is 11.3. The normalized spacial score (nSPS) is 10.4. The van der Waals surface area contributed by atoms with E-state index in [0.29, 0.717) is 5.52 Å². The van der Waals surface area contributed by atoms with Crippen LogP contribution in [0.2, 0.25) is 0 Å². The van der Waals surface area contributed by atoms with Gasteiger partial charge in [0, 0.05) is 6.20 Å². The van der Waals surface area contributed by atoms with Crippen LogP contribution >= 0.6 is 11.3 Å². The lowest BCUT2D eigenvalue weighted by Gasteiger charge is -1.97. The number of thiazole rings is 1. The summed E-state index contributed by atoms with van der Waals surface area (Å²) in [4.78, 5) is 19.5. The van der Waals surface area contributed by atoms with E-state index in [4.69, 9.17) is 0 Å². The van der Waals surface area contributed by atoms with Gasteiger partial charge in [0.15, 0.2) is 5.69 Å². The Kier molecular flexibility index (Phi) is 2.17. The Morgan fingerprint density at radius 2 is 2.36 bits per heavy atom. The van der Waals surface area contributed by atoms with Crippen molar-refractivity contribution in [2.24, 2.45) is 0 Å². The van der Waals surface area contributed by atoms with Gasteiger partial charge in [0.05, 0.1) is 16.8 Å². The van der Waals surface area contributed by atoms with Crippen molar-refractivity contribution in [3.63, 3.8) is 0 Å². The second-order valence-corrected chi connectivity index (χ2v) is 3.97. The second-order valence-electron chi connectivity index (χ2n) is 2.73. The number of carbonyl (C=O) groups is 1. The smallest absolute Gasteiger partial charge is 0.358 e. The van der Waals surface area contributed by atoms with Gasteiger partial charge in [0.2, 0.25) is 0 Å². The summed E-state index contributed by atoms with van der Waals surface area (Å²) in [5.74, 6) is -0.444. The van der Waals surface area contributed by atoms with E-state index in [0.717, 1.165) is 9.71 Å². The van der Waals surface area contributed by atoms with Gasteiger partial charge in [-0.25, -0.2) is 14.8 Å². The molecule has 0 N–H and O–H groups in total. The van der Waals surface area contributed by atoms with Crippen LogP contribution in [0, 0.1) is 6.92 Å². The van der Waals surface area contributed by atoms with E-state index in [1.807, 2.05) is 13.0 Å². The van der Waals surface area contributed by atoms with Crippen molar-refractivity contribution in [3.8, 4) is 0 Å². The van der Waals surface area contributed by atoms with E-state index >= 15 is 0 Å². The number of nitrogens with zero attached hydrogens (tertiary/aromatic N) is 2. The minimum atomic E-state index is -0.444. The molecule has 0 aliphatic rings. The highest BCUT2D eigenvalue weighted by Gasteiger charge is 2.14. The van der Waals surface area contributed by atoms with Gasteiger partial charge in [-0.2, -0.15) is 0 Å². The lowest BCUT2D eigenvalue weighted by atomic mass is 10.3. The molecule has 14 heavy (non-hydrogen) atoms. The Morgan fingerprint density at radius 1 is 1.57 bits per heavy atom. The van der Waals surface area contributed by atoms with Crippen LogP contribution in [0.25, 0.3) is 10.2 Å². The zero-order valence-corrected chi connectivity index (χ0v) is 8.59. The van der Waals surface area contributed by atoms with Crippen molar-refractivity contribution in [2.45, 2.75) is 6.92 Å². The Balaban J connectivity index is 2.70. The van der Waals surface area contributed by atoms with Crippen molar-refractivity contribution in [1.29, 1.82) is 0 Å². The standard InChI is InChI=1S/C9H8N2O2S/c1-5-11-7-6(14-5)3-4-10-8(7)9(12)13-2/h3-4H,1-2H3. The molecule has 2 aromatic rings. The third kappa shape index (κ3) is 1.35. The van der Waals surface area contributed by atoms with E-state index < -0.39 is 5.97 Å².